The van der Waals surface area contributed by atoms with Gasteiger partial charge in [0.1, 0.15) is 6.04 Å². The lowest BCUT2D eigenvalue weighted by Gasteiger charge is -2.35. The number of nitrogen functional groups attached to an aromatic ring is 1. The number of benzene rings is 1. The van der Waals surface area contributed by atoms with Gasteiger partial charge in [-0.1, -0.05) is 0 Å². The molecule has 1 aromatic carbocycles. The van der Waals surface area contributed by atoms with E-state index in [2.05, 4.69) is 10.2 Å². The van der Waals surface area contributed by atoms with Crippen molar-refractivity contribution in [3.05, 3.63) is 18.2 Å². The number of amides is 1. The van der Waals surface area contributed by atoms with Crippen LogP contribution in [0.25, 0.3) is 0 Å². The largest absolute Gasteiger partial charge is 0.399 e. The number of nitrogens with zero attached hydrogens (tertiary/aromatic N) is 1. The Morgan fingerprint density at radius 3 is 3.06 bits per heavy atom. The van der Waals surface area contributed by atoms with Crippen LogP contribution in [-0.2, 0) is 4.79 Å². The summed E-state index contributed by atoms with van der Waals surface area (Å²) in [6.07, 6.45) is 0. The molecule has 0 fully saturated rings. The molecule has 92 valence electrons. The third kappa shape index (κ3) is 2.34. The van der Waals surface area contributed by atoms with Crippen molar-refractivity contribution in [1.82, 2.24) is 5.32 Å². The average Bonchev–Trinajstić information content (AvgIpc) is 2.36. The lowest BCUT2D eigenvalue weighted by atomic mass is 10.2. The minimum absolute atomic E-state index is 0.0327. The van der Waals surface area contributed by atoms with Crippen LogP contribution in [0.1, 0.15) is 6.92 Å². The van der Waals surface area contributed by atoms with Gasteiger partial charge in [-0.15, -0.1) is 11.8 Å². The molecule has 1 unspecified atom stereocenters. The minimum atomic E-state index is -0.165. The fraction of sp³-hybridized carbons (Fsp3) is 0.417. The number of likely N-dealkylation sites (N-methyl/N-ethyl adjacent to an activating group) is 1. The number of hydrogen-bond donors (Lipinski definition) is 2. The Kier molecular flexibility index (Phi) is 3.47. The summed E-state index contributed by atoms with van der Waals surface area (Å²) < 4.78 is 0. The van der Waals surface area contributed by atoms with E-state index in [1.165, 1.54) is 4.90 Å². The third-order valence-corrected chi connectivity index (χ3v) is 4.02. The van der Waals surface area contributed by atoms with Crippen molar-refractivity contribution >= 4 is 29.0 Å². The maximum atomic E-state index is 11.7. The van der Waals surface area contributed by atoms with Gasteiger partial charge >= 0.3 is 0 Å². The lowest BCUT2D eigenvalue weighted by molar-refractivity contribution is -0.121. The number of rotatable bonds is 2. The van der Waals surface area contributed by atoms with Crippen molar-refractivity contribution in [3.63, 3.8) is 0 Å². The highest BCUT2D eigenvalue weighted by atomic mass is 32.2. The minimum Gasteiger partial charge on any atom is -0.399 e. The Morgan fingerprint density at radius 2 is 2.35 bits per heavy atom. The molecule has 1 amide bonds. The van der Waals surface area contributed by atoms with Gasteiger partial charge in [-0.25, -0.2) is 0 Å². The molecule has 0 radical (unpaired) electrons. The molecular weight excluding hydrogens is 234 g/mol. The predicted octanol–water partition coefficient (Wildman–Crippen LogP) is 1.32. The van der Waals surface area contributed by atoms with Crippen molar-refractivity contribution < 1.29 is 4.79 Å². The lowest BCUT2D eigenvalue weighted by Crippen LogP contribution is -2.46. The van der Waals surface area contributed by atoms with Gasteiger partial charge in [0.2, 0.25) is 5.91 Å². The van der Waals surface area contributed by atoms with Crippen LogP contribution in [0.3, 0.4) is 0 Å². The second-order valence-corrected chi connectivity index (χ2v) is 5.20. The molecule has 1 aliphatic rings. The monoisotopic (exact) mass is 251 g/mol. The summed E-state index contributed by atoms with van der Waals surface area (Å²) in [5.41, 5.74) is 7.62. The first kappa shape index (κ1) is 12.1. The van der Waals surface area contributed by atoms with E-state index in [9.17, 15) is 4.79 Å². The van der Waals surface area contributed by atoms with E-state index in [0.717, 1.165) is 23.7 Å². The summed E-state index contributed by atoms with van der Waals surface area (Å²) in [7, 11) is 1.66. The molecule has 4 nitrogen and oxygen atoms in total. The summed E-state index contributed by atoms with van der Waals surface area (Å²) in [5.74, 6) is 1.03. The predicted molar refractivity (Wildman–Crippen MR) is 72.5 cm³/mol. The molecule has 0 saturated carbocycles. The fourth-order valence-corrected chi connectivity index (χ4v) is 3.00. The van der Waals surface area contributed by atoms with E-state index in [1.54, 1.807) is 7.05 Å². The first-order valence-corrected chi connectivity index (χ1v) is 6.62. The topological polar surface area (TPSA) is 58.4 Å². The van der Waals surface area contributed by atoms with Crippen LogP contribution in [0.15, 0.2) is 23.1 Å². The molecule has 1 atom stereocenters. The van der Waals surface area contributed by atoms with Gasteiger partial charge in [-0.05, 0) is 25.1 Å². The summed E-state index contributed by atoms with van der Waals surface area (Å²) in [5, 5.41) is 2.69. The molecule has 17 heavy (non-hydrogen) atoms. The highest BCUT2D eigenvalue weighted by Crippen LogP contribution is 2.36. The quantitative estimate of drug-likeness (QED) is 0.778. The van der Waals surface area contributed by atoms with Gasteiger partial charge in [0.25, 0.3) is 0 Å². The summed E-state index contributed by atoms with van der Waals surface area (Å²) in [4.78, 5) is 15.0. The maximum absolute atomic E-state index is 11.7. The van der Waals surface area contributed by atoms with E-state index in [0.29, 0.717) is 0 Å². The van der Waals surface area contributed by atoms with Crippen molar-refractivity contribution in [1.29, 1.82) is 0 Å². The number of thioether (sulfide) groups is 1. The molecule has 1 aliphatic heterocycles. The van der Waals surface area contributed by atoms with Gasteiger partial charge in [0.15, 0.2) is 0 Å². The van der Waals surface area contributed by atoms with Crippen LogP contribution < -0.4 is 16.0 Å². The third-order valence-electron chi connectivity index (χ3n) is 2.98. The number of anilines is 2. The van der Waals surface area contributed by atoms with Gasteiger partial charge in [0.05, 0.1) is 5.69 Å². The second-order valence-electron chi connectivity index (χ2n) is 4.06. The van der Waals surface area contributed by atoms with E-state index < -0.39 is 0 Å². The van der Waals surface area contributed by atoms with E-state index in [1.807, 2.05) is 36.9 Å². The molecule has 2 rings (SSSR count). The van der Waals surface area contributed by atoms with Crippen molar-refractivity contribution in [2.24, 2.45) is 0 Å². The average molecular weight is 251 g/mol. The molecule has 0 spiro atoms. The molecule has 0 aromatic heterocycles. The molecule has 0 saturated heterocycles. The van der Waals surface area contributed by atoms with Gasteiger partial charge in [0, 0.05) is 29.9 Å². The van der Waals surface area contributed by atoms with Crippen LogP contribution in [0, 0.1) is 0 Å². The molecule has 0 aliphatic carbocycles. The Balaban J connectivity index is 2.33. The smallest absolute Gasteiger partial charge is 0.242 e. The van der Waals surface area contributed by atoms with E-state index >= 15 is 0 Å². The molecule has 0 bridgehead atoms. The van der Waals surface area contributed by atoms with Crippen LogP contribution >= 0.6 is 11.8 Å². The highest BCUT2D eigenvalue weighted by molar-refractivity contribution is 7.99. The molecule has 1 aromatic rings. The zero-order valence-corrected chi connectivity index (χ0v) is 10.9. The Morgan fingerprint density at radius 1 is 1.59 bits per heavy atom. The normalized spacial score (nSPS) is 16.2. The number of nitrogens with two attached hydrogens (primary N) is 1. The van der Waals surface area contributed by atoms with Gasteiger partial charge in [-0.2, -0.15) is 0 Å². The van der Waals surface area contributed by atoms with Gasteiger partial charge in [-0.3, -0.25) is 4.79 Å². The summed E-state index contributed by atoms with van der Waals surface area (Å²) in [6, 6.07) is 5.71. The van der Waals surface area contributed by atoms with Crippen LogP contribution in [0.2, 0.25) is 0 Å². The van der Waals surface area contributed by atoms with Crippen molar-refractivity contribution in [3.8, 4) is 0 Å². The number of carbonyl (C=O) groups excluding carboxylic acids is 1. The fourth-order valence-electron chi connectivity index (χ4n) is 2.01. The zero-order chi connectivity index (χ0) is 12.4. The van der Waals surface area contributed by atoms with Gasteiger partial charge < -0.3 is 16.0 Å². The summed E-state index contributed by atoms with van der Waals surface area (Å²) >= 11 is 1.81. The summed E-state index contributed by atoms with van der Waals surface area (Å²) in [6.45, 7) is 2.79. The van der Waals surface area contributed by atoms with Crippen LogP contribution in [-0.4, -0.2) is 31.3 Å². The van der Waals surface area contributed by atoms with E-state index in [4.69, 9.17) is 5.73 Å². The zero-order valence-electron chi connectivity index (χ0n) is 10.1. The van der Waals surface area contributed by atoms with Crippen LogP contribution in [0.4, 0.5) is 11.4 Å². The van der Waals surface area contributed by atoms with E-state index in [-0.39, 0.29) is 11.9 Å². The number of fused-ring (bicyclic) bond motifs is 1. The Hall–Kier alpha value is -1.36. The number of carbonyl (C=O) groups is 1. The molecule has 1 heterocycles. The SMILES string of the molecule is CNC(=O)C(C)N1CCSc2ccc(N)cc21. The van der Waals surface area contributed by atoms with Crippen LogP contribution in [0.5, 0.6) is 0 Å². The van der Waals surface area contributed by atoms with Crippen molar-refractivity contribution in [2.45, 2.75) is 17.9 Å². The number of nitrogens with one attached hydrogen (secondary N) is 1. The second kappa shape index (κ2) is 4.87. The van der Waals surface area contributed by atoms with Crippen molar-refractivity contribution in [2.75, 3.05) is 30.0 Å². The molecule has 3 N–H and O–H groups in total. The maximum Gasteiger partial charge on any atom is 0.242 e. The standard InChI is InChI=1S/C12H17N3OS/c1-8(12(16)14-2)15-5-6-17-11-4-3-9(13)7-10(11)15/h3-4,7-8H,5-6,13H2,1-2H3,(H,14,16). The molecular formula is C12H17N3OS. The Labute approximate surface area is 106 Å². The highest BCUT2D eigenvalue weighted by Gasteiger charge is 2.25. The molecule has 5 heteroatoms. The first-order chi connectivity index (χ1) is 8.13. The Bertz CT molecular complexity index is 436. The first-order valence-electron chi connectivity index (χ1n) is 5.64. The number of hydrogen-bond acceptors (Lipinski definition) is 4.